The highest BCUT2D eigenvalue weighted by Gasteiger charge is 2.33. The summed E-state index contributed by atoms with van der Waals surface area (Å²) >= 11 is 31.2. The van der Waals surface area contributed by atoms with Crippen molar-refractivity contribution in [2.24, 2.45) is 5.92 Å². The molecule has 8 bridgehead atoms. The summed E-state index contributed by atoms with van der Waals surface area (Å²) in [5, 5.41) is 39.9. The largest absolute Gasteiger partial charge is 0.478 e. The van der Waals surface area contributed by atoms with E-state index in [2.05, 4.69) is 137 Å². The van der Waals surface area contributed by atoms with Crippen molar-refractivity contribution < 1.29 is 39.6 Å². The Morgan fingerprint density at radius 2 is 0.855 bits per heavy atom. The second kappa shape index (κ2) is 19.4. The summed E-state index contributed by atoms with van der Waals surface area (Å²) in [5.74, 6) is -4.62. The number of benzene rings is 2. The number of fused-ring (bicyclic) bond motifs is 8. The molecule has 1 atom stereocenters. The number of allylic oxidation sites excluding steroid dienone is 6. The summed E-state index contributed by atoms with van der Waals surface area (Å²) in [6.45, 7) is 1.86. The molecule has 5 aromatic rings. The van der Waals surface area contributed by atoms with Gasteiger partial charge in [0.15, 0.2) is 0 Å². The Labute approximate surface area is 458 Å². The quantitative estimate of drug-likeness (QED) is 0.0867. The van der Waals surface area contributed by atoms with Gasteiger partial charge in [0.2, 0.25) is 0 Å². The van der Waals surface area contributed by atoms with Crippen molar-refractivity contribution in [3.05, 3.63) is 147 Å². The summed E-state index contributed by atoms with van der Waals surface area (Å²) in [7, 11) is 0. The van der Waals surface area contributed by atoms with Gasteiger partial charge in [0, 0.05) is 33.4 Å². The third kappa shape index (κ3) is 8.73. The van der Waals surface area contributed by atoms with Gasteiger partial charge in [0.05, 0.1) is 91.8 Å². The minimum Gasteiger partial charge on any atom is -0.478 e. The molecule has 4 aliphatic rings. The van der Waals surface area contributed by atoms with Crippen LogP contribution in [0.5, 0.6) is 0 Å². The zero-order valence-corrected chi connectivity index (χ0v) is 47.7. The summed E-state index contributed by atoms with van der Waals surface area (Å²) in [5.41, 5.74) is 9.80. The van der Waals surface area contributed by atoms with Crippen LogP contribution in [0.1, 0.15) is 80.8 Å². The number of nitrogens with zero attached hydrogens (tertiary/aromatic N) is 2. The Balaban J connectivity index is 1.57. The number of hydrogen-bond donors (Lipinski definition) is 6. The Morgan fingerprint density at radius 3 is 1.20 bits per heavy atom. The average Bonchev–Trinajstić information content (AvgIpc) is 3.98. The lowest BCUT2D eigenvalue weighted by molar-refractivity contribution is -0.134. The molecule has 0 amide bonds. The second-order valence-corrected chi connectivity index (χ2v) is 22.4. The molecule has 20 heteroatoms. The lowest BCUT2D eigenvalue weighted by atomic mass is 9.85. The van der Waals surface area contributed by atoms with Gasteiger partial charge >= 0.3 is 23.9 Å². The van der Waals surface area contributed by atoms with Gasteiger partial charge in [0.25, 0.3) is 0 Å². The normalized spacial score (nSPS) is 16.0. The van der Waals surface area contributed by atoms with Gasteiger partial charge in [-0.05, 0) is 199 Å². The number of aromatic nitrogens is 4. The maximum Gasteiger partial charge on any atom is 0.335 e. The highest BCUT2D eigenvalue weighted by atomic mass is 79.9. The van der Waals surface area contributed by atoms with Crippen LogP contribution in [0, 0.1) is 5.92 Å². The van der Waals surface area contributed by atoms with E-state index in [4.69, 9.17) is 9.97 Å². The third-order valence-electron chi connectivity index (χ3n) is 12.1. The molecule has 69 heavy (non-hydrogen) atoms. The van der Waals surface area contributed by atoms with Crippen LogP contribution < -0.4 is 0 Å². The molecule has 0 radical (unpaired) electrons. The van der Waals surface area contributed by atoms with Crippen molar-refractivity contribution in [3.63, 3.8) is 0 Å². The first kappa shape index (κ1) is 49.7. The standard InChI is InChI=1S/C49H28Br8N4O8/c1-17-16-24(14-15-25(17)49(68)69)29-44-36(56)34(54)42(60-44)27(19-4-10-22(11-5-19)47(64)65)40-32(52)30(50)38(58-40)26(18-2-8-21(9-3-18)46(62)63)39-31(51)33(53)41(59-39)28(43-35(55)37(57)45(29)61-43)20-6-12-23(13-7-20)48(66)67/h2-6,8-12,14-15,17,59-60H,7,13,16H2,1H3,(H,62,63)(H,64,65)(H,66,67)(H,68,69). The van der Waals surface area contributed by atoms with Crippen molar-refractivity contribution >= 4 is 202 Å². The van der Waals surface area contributed by atoms with Crippen LogP contribution in [0.25, 0.3) is 73.4 Å². The Kier molecular flexibility index (Phi) is 14.0. The van der Waals surface area contributed by atoms with Gasteiger partial charge < -0.3 is 30.4 Å². The fourth-order valence-electron chi connectivity index (χ4n) is 8.67. The molecule has 2 aliphatic carbocycles. The molecule has 2 aromatic carbocycles. The Bertz CT molecular complexity index is 3580. The van der Waals surface area contributed by atoms with Crippen LogP contribution in [-0.2, 0) is 9.59 Å². The van der Waals surface area contributed by atoms with Crippen molar-refractivity contribution in [2.75, 3.05) is 0 Å². The average molecular weight is 1440 g/mol. The minimum atomic E-state index is -1.10. The SMILES string of the molecule is CC1CC(c2c3nc(c(C4=CC=C(C(=O)O)CC4)c4[nH]c(c(Br)c4Br)c(-c4ccc(C(=O)O)cc4)c4nc(c(-c5ccc(C(=O)O)cc5)c5[nH]c2c(Br)c5Br)C(Br)=C4Br)C(Br)=C3Br)=CC=C1C(=O)O. The van der Waals surface area contributed by atoms with E-state index in [1.54, 1.807) is 48.6 Å². The number of aromatic carboxylic acids is 2. The number of nitrogens with one attached hydrogen (secondary N) is 2. The number of carboxylic acid groups (broad SMARTS) is 4. The number of rotatable bonds is 8. The van der Waals surface area contributed by atoms with Crippen LogP contribution in [0.4, 0.5) is 0 Å². The summed E-state index contributed by atoms with van der Waals surface area (Å²) in [4.78, 5) is 67.0. The highest BCUT2D eigenvalue weighted by Crippen LogP contribution is 2.53. The lowest BCUT2D eigenvalue weighted by Gasteiger charge is -2.20. The lowest BCUT2D eigenvalue weighted by Crippen LogP contribution is -2.13. The summed E-state index contributed by atoms with van der Waals surface area (Å²) in [6.07, 6.45) is 7.68. The monoisotopic (exact) mass is 1430 g/mol. The molecule has 5 heterocycles. The molecular formula is C49H28Br8N4O8. The Hall–Kier alpha value is -4.28. The van der Waals surface area contributed by atoms with E-state index < -0.39 is 23.9 Å². The van der Waals surface area contributed by atoms with Crippen molar-refractivity contribution in [1.29, 1.82) is 0 Å². The van der Waals surface area contributed by atoms with Crippen molar-refractivity contribution in [3.8, 4) is 22.3 Å². The molecule has 0 saturated heterocycles. The van der Waals surface area contributed by atoms with E-state index >= 15 is 0 Å². The first-order valence-corrected chi connectivity index (χ1v) is 26.8. The van der Waals surface area contributed by atoms with E-state index in [1.807, 2.05) is 6.92 Å². The van der Waals surface area contributed by atoms with E-state index in [0.717, 1.165) is 11.1 Å². The number of aliphatic carboxylic acids is 2. The smallest absolute Gasteiger partial charge is 0.335 e. The van der Waals surface area contributed by atoms with Gasteiger partial charge in [-0.2, -0.15) is 0 Å². The summed E-state index contributed by atoms with van der Waals surface area (Å²) < 4.78 is 4.54. The fourth-order valence-corrected chi connectivity index (χ4v) is 12.6. The molecule has 0 spiro atoms. The van der Waals surface area contributed by atoms with E-state index in [9.17, 15) is 39.6 Å². The molecule has 12 nitrogen and oxygen atoms in total. The molecule has 348 valence electrons. The van der Waals surface area contributed by atoms with E-state index in [1.165, 1.54) is 24.3 Å². The molecular weight excluding hydrogens is 1410 g/mol. The zero-order valence-electron chi connectivity index (χ0n) is 35.0. The molecule has 3 aromatic heterocycles. The number of hydrogen-bond acceptors (Lipinski definition) is 6. The maximum atomic E-state index is 12.4. The number of H-pyrrole nitrogens is 2. The second-order valence-electron chi connectivity index (χ2n) is 16.1. The molecule has 2 aliphatic heterocycles. The van der Waals surface area contributed by atoms with E-state index in [0.29, 0.717) is 127 Å². The molecule has 9 rings (SSSR count). The third-order valence-corrected chi connectivity index (χ3v) is 20.4. The number of halogens is 8. The number of aromatic amines is 2. The van der Waals surface area contributed by atoms with Gasteiger partial charge in [-0.1, -0.05) is 55.5 Å². The van der Waals surface area contributed by atoms with Crippen molar-refractivity contribution in [2.45, 2.75) is 26.2 Å². The first-order valence-electron chi connectivity index (χ1n) is 20.4. The van der Waals surface area contributed by atoms with Crippen LogP contribution in [0.2, 0.25) is 0 Å². The zero-order chi connectivity index (χ0) is 49.5. The molecule has 6 N–H and O–H groups in total. The predicted octanol–water partition coefficient (Wildman–Crippen LogP) is 15.9. The van der Waals surface area contributed by atoms with Crippen LogP contribution in [0.15, 0.2) is 102 Å². The van der Waals surface area contributed by atoms with Gasteiger partial charge in [-0.25, -0.2) is 29.1 Å². The van der Waals surface area contributed by atoms with Crippen molar-refractivity contribution in [1.82, 2.24) is 19.9 Å². The molecule has 0 saturated carbocycles. The Morgan fingerprint density at radius 1 is 0.478 bits per heavy atom. The van der Waals surface area contributed by atoms with Crippen LogP contribution in [0.3, 0.4) is 0 Å². The van der Waals surface area contributed by atoms with Crippen LogP contribution >= 0.6 is 127 Å². The van der Waals surface area contributed by atoms with E-state index in [-0.39, 0.29) is 34.6 Å². The highest BCUT2D eigenvalue weighted by molar-refractivity contribution is 9.18. The summed E-state index contributed by atoms with van der Waals surface area (Å²) in [6, 6.07) is 12.8. The predicted molar refractivity (Wildman–Crippen MR) is 296 cm³/mol. The molecule has 1 unspecified atom stereocenters. The number of carboxylic acids is 4. The minimum absolute atomic E-state index is 0.0737. The fraction of sp³-hybridized carbons (Fsp3) is 0.102. The number of carbonyl (C=O) groups is 4. The maximum absolute atomic E-state index is 12.4. The van der Waals surface area contributed by atoms with Gasteiger partial charge in [-0.3, -0.25) is 0 Å². The van der Waals surface area contributed by atoms with Gasteiger partial charge in [-0.15, -0.1) is 0 Å². The van der Waals surface area contributed by atoms with Gasteiger partial charge in [0.1, 0.15) is 0 Å². The van der Waals surface area contributed by atoms with Crippen LogP contribution in [-0.4, -0.2) is 64.2 Å². The first-order chi connectivity index (χ1) is 32.8. The topological polar surface area (TPSA) is 207 Å². The molecule has 0 fully saturated rings.